The number of benzene rings is 2. The maximum absolute atomic E-state index is 13.7. The Bertz CT molecular complexity index is 2890. The monoisotopic (exact) mass is 1180 g/mol. The van der Waals surface area contributed by atoms with E-state index in [1.807, 2.05) is 61.2 Å². The number of oxime groups is 1. The molecule has 19 heteroatoms. The zero-order chi connectivity index (χ0) is 60.6. The molecule has 3 unspecified atom stereocenters. The van der Waals surface area contributed by atoms with E-state index in [0.29, 0.717) is 66.6 Å². The smallest absolute Gasteiger partial charge is 0.243 e. The van der Waals surface area contributed by atoms with Crippen molar-refractivity contribution in [1.29, 1.82) is 0 Å². The highest BCUT2D eigenvalue weighted by molar-refractivity contribution is 5.89. The van der Waals surface area contributed by atoms with Crippen LogP contribution in [0, 0.1) is 17.3 Å². The predicted molar refractivity (Wildman–Crippen MR) is 341 cm³/mol. The lowest BCUT2D eigenvalue weighted by Crippen LogP contribution is -2.52. The summed E-state index contributed by atoms with van der Waals surface area (Å²) in [5.74, 6) is 3.15. The van der Waals surface area contributed by atoms with Gasteiger partial charge in [0.2, 0.25) is 17.7 Å². The molecule has 0 radical (unpaired) electrons. The number of aromatic nitrogens is 3. The van der Waals surface area contributed by atoms with Crippen molar-refractivity contribution in [3.05, 3.63) is 113 Å². The normalized spacial score (nSPS) is 20.8. The Morgan fingerprint density at radius 3 is 2.24 bits per heavy atom. The number of phenolic OH excluding ortho intramolecular Hbond substituents is 1. The molecule has 19 nitrogen and oxygen atoms in total. The summed E-state index contributed by atoms with van der Waals surface area (Å²) in [7, 11) is 1.92. The van der Waals surface area contributed by atoms with Gasteiger partial charge in [-0.2, -0.15) is 5.10 Å². The van der Waals surface area contributed by atoms with E-state index in [9.17, 15) is 14.7 Å². The first-order valence-corrected chi connectivity index (χ1v) is 32.4. The number of aromatic hydroxyl groups is 1. The van der Waals surface area contributed by atoms with Gasteiger partial charge in [-0.05, 0) is 175 Å². The molecular formula is C67H100N14O5. The second-order valence-corrected chi connectivity index (χ2v) is 25.4. The van der Waals surface area contributed by atoms with Crippen molar-refractivity contribution in [1.82, 2.24) is 49.9 Å². The number of para-hydroxylation sites is 1. The molecule has 0 bridgehead atoms. The molecule has 86 heavy (non-hydrogen) atoms. The minimum absolute atomic E-state index is 0.0370. The molecule has 4 saturated heterocycles. The van der Waals surface area contributed by atoms with Crippen LogP contribution in [0.3, 0.4) is 0 Å². The number of hydrogen-bond acceptors (Lipinski definition) is 16. The summed E-state index contributed by atoms with van der Waals surface area (Å²) in [5, 5.41) is 26.0. The third kappa shape index (κ3) is 17.0. The summed E-state index contributed by atoms with van der Waals surface area (Å²) in [6.45, 7) is 20.9. The van der Waals surface area contributed by atoms with Gasteiger partial charge in [-0.1, -0.05) is 75.2 Å². The van der Waals surface area contributed by atoms with Gasteiger partial charge >= 0.3 is 0 Å². The molecular weight excluding hydrogens is 1080 g/mol. The fourth-order valence-electron chi connectivity index (χ4n) is 13.6. The molecule has 2 amide bonds. The summed E-state index contributed by atoms with van der Waals surface area (Å²) in [6.07, 6.45) is 20.4. The molecule has 2 aromatic heterocycles. The molecule has 1 aliphatic carbocycles. The topological polar surface area (TPSA) is 234 Å². The Hall–Kier alpha value is -6.83. The van der Waals surface area contributed by atoms with E-state index in [1.54, 1.807) is 35.4 Å². The van der Waals surface area contributed by atoms with Crippen molar-refractivity contribution in [3.63, 3.8) is 0 Å². The summed E-state index contributed by atoms with van der Waals surface area (Å²) in [6, 6.07) is 20.5. The van der Waals surface area contributed by atoms with E-state index in [0.717, 1.165) is 105 Å². The van der Waals surface area contributed by atoms with Gasteiger partial charge in [-0.25, -0.2) is 4.98 Å². The second kappa shape index (κ2) is 30.7. The zero-order valence-electron chi connectivity index (χ0n) is 52.2. The van der Waals surface area contributed by atoms with Crippen LogP contribution in [0.25, 0.3) is 17.0 Å². The van der Waals surface area contributed by atoms with E-state index < -0.39 is 6.04 Å². The van der Waals surface area contributed by atoms with Crippen LogP contribution < -0.4 is 32.6 Å². The van der Waals surface area contributed by atoms with Gasteiger partial charge in [0, 0.05) is 95.5 Å². The fraction of sp³-hybridized carbons (Fsp3) is 0.597. The minimum atomic E-state index is -0.474. The number of hydrogen-bond donors (Lipinski definition) is 6. The maximum atomic E-state index is 13.7. The minimum Gasteiger partial charge on any atom is -0.507 e. The largest absolute Gasteiger partial charge is 0.507 e. The highest BCUT2D eigenvalue weighted by atomic mass is 16.6. The molecule has 10 rings (SSSR count). The lowest BCUT2D eigenvalue weighted by molar-refractivity contribution is -0.140. The number of phenols is 1. The molecule has 1 spiro atoms. The number of allylic oxidation sites excluding steroid dienone is 1. The lowest BCUT2D eigenvalue weighted by atomic mass is 9.61. The molecule has 468 valence electrons. The molecule has 3 atom stereocenters. The Labute approximate surface area is 511 Å². The van der Waals surface area contributed by atoms with Crippen molar-refractivity contribution in [3.8, 4) is 22.9 Å². The molecule has 6 aliphatic rings. The number of carbonyl (C=O) groups excluding carboxylic acids is 2. The second-order valence-electron chi connectivity index (χ2n) is 25.4. The number of amidine groups is 1. The predicted octanol–water partition coefficient (Wildman–Crippen LogP) is 8.29. The Balaban J connectivity index is 0.00000288. The van der Waals surface area contributed by atoms with E-state index in [4.69, 9.17) is 26.8 Å². The van der Waals surface area contributed by atoms with Gasteiger partial charge < -0.3 is 67.0 Å². The highest BCUT2D eigenvalue weighted by Crippen LogP contribution is 2.50. The number of rotatable bonds is 23. The number of likely N-dealkylation sites (tertiary alicyclic amines) is 4. The number of ether oxygens (including phenoxy) is 1. The molecule has 7 heterocycles. The molecule has 5 fully saturated rings. The van der Waals surface area contributed by atoms with Crippen LogP contribution in [0.4, 0.5) is 0 Å². The molecule has 5 aliphatic heterocycles. The van der Waals surface area contributed by atoms with Crippen LogP contribution in [0.1, 0.15) is 147 Å². The average Bonchev–Trinajstić information content (AvgIpc) is 1.53. The van der Waals surface area contributed by atoms with Gasteiger partial charge in [0.25, 0.3) is 0 Å². The van der Waals surface area contributed by atoms with Crippen LogP contribution in [0.5, 0.6) is 11.6 Å². The first-order valence-electron chi connectivity index (χ1n) is 32.4. The third-order valence-corrected chi connectivity index (χ3v) is 18.7. The van der Waals surface area contributed by atoms with E-state index in [-0.39, 0.29) is 48.1 Å². The number of unbranched alkanes of at least 4 members (excludes halogenated alkanes) is 1. The van der Waals surface area contributed by atoms with E-state index in [2.05, 4.69) is 78.4 Å². The highest BCUT2D eigenvalue weighted by Gasteiger charge is 2.47. The Morgan fingerprint density at radius 1 is 0.872 bits per heavy atom. The number of piperidine rings is 3. The van der Waals surface area contributed by atoms with Crippen molar-refractivity contribution in [2.24, 2.45) is 46.7 Å². The lowest BCUT2D eigenvalue weighted by Gasteiger charge is -2.52. The van der Waals surface area contributed by atoms with Gasteiger partial charge in [-0.15, -0.1) is 0 Å². The number of amides is 2. The summed E-state index contributed by atoms with van der Waals surface area (Å²) in [5.41, 5.74) is 25.2. The van der Waals surface area contributed by atoms with E-state index >= 15 is 0 Å². The third-order valence-electron chi connectivity index (χ3n) is 18.7. The Kier molecular flexibility index (Phi) is 22.7. The van der Waals surface area contributed by atoms with Crippen LogP contribution in [0.15, 0.2) is 102 Å². The summed E-state index contributed by atoms with van der Waals surface area (Å²) >= 11 is 0. The number of nitrogens with zero attached hydrogens (tertiary/aromatic N) is 9. The van der Waals surface area contributed by atoms with Gasteiger partial charge in [0.1, 0.15) is 35.7 Å². The van der Waals surface area contributed by atoms with Gasteiger partial charge in [0.05, 0.1) is 23.9 Å². The van der Waals surface area contributed by atoms with Crippen molar-refractivity contribution < 1.29 is 24.3 Å². The van der Waals surface area contributed by atoms with Gasteiger partial charge in [0.15, 0.2) is 0 Å². The number of carbonyl (C=O) groups is 2. The van der Waals surface area contributed by atoms with Gasteiger partial charge in [-0.3, -0.25) is 14.3 Å². The number of nitrogens with two attached hydrogens (primary N) is 3. The number of pyridine rings is 1. The van der Waals surface area contributed by atoms with Crippen molar-refractivity contribution >= 4 is 23.3 Å². The average molecular weight is 1180 g/mol. The van der Waals surface area contributed by atoms with Crippen molar-refractivity contribution in [2.45, 2.75) is 155 Å². The summed E-state index contributed by atoms with van der Waals surface area (Å²) < 4.78 is 8.40. The first-order chi connectivity index (χ1) is 41.7. The first kappa shape index (κ1) is 63.7. The number of aryl methyl sites for hydroxylation is 1. The molecule has 1 saturated carbocycles. The summed E-state index contributed by atoms with van der Waals surface area (Å²) in [4.78, 5) is 49.4. The fourth-order valence-corrected chi connectivity index (χ4v) is 13.6. The van der Waals surface area contributed by atoms with Crippen LogP contribution in [-0.4, -0.2) is 159 Å². The quantitative estimate of drug-likeness (QED) is 0.0303. The van der Waals surface area contributed by atoms with Crippen LogP contribution in [-0.2, 0) is 28.0 Å². The van der Waals surface area contributed by atoms with E-state index in [1.165, 1.54) is 71.4 Å². The zero-order valence-corrected chi connectivity index (χ0v) is 52.2. The Morgan fingerprint density at radius 2 is 1.57 bits per heavy atom. The van der Waals surface area contributed by atoms with Crippen LogP contribution >= 0.6 is 0 Å². The molecule has 9 N–H and O–H groups in total. The van der Waals surface area contributed by atoms with Crippen molar-refractivity contribution in [2.75, 3.05) is 78.5 Å². The SMILES string of the molecule is CCC.CCCCNCCN(Cc1ccnc(OC2CC3(CCN(CC4CCN(CC5CCN(C6=NOC(CC(=O)N7CCCC7C(=O)NC(C)c7ccc(-c8ccnn8C)cc7)C6)CC5)CC4)CC3)C2)c1)C(/C=C(\N)c1ccccc1O)=C(N)N. The maximum Gasteiger partial charge on any atom is 0.243 e. The molecule has 4 aromatic rings. The standard InChI is InChI=1S/C64H92N14O5.C3H8/c1-4-5-24-68-27-35-77(57(62(66)67)39-54(65)53-9-6-7-11-58(53)79)44-48-16-25-69-60(36-48)82-52-40-64(41-52)22-33-75(34-23-64)43-46-18-29-74(30-19-46)42-47-20-31-76(32-21-47)59-37-51(83-72-59)38-61(80)78-28-8-10-56(78)63(81)71-45(2)49-12-14-50(15-13-49)55-17-26-70-73(55)3;1-3-2/h6-7,9,11-17,25-26,36,39,45-47,51-52,56,68,79H,4-5,8,10,18-24,27-35,37-38,40-44,65-67H2,1-3H3,(H,71,81);3H2,1-2H3/b54-39-;. The van der Waals surface area contributed by atoms with Crippen LogP contribution in [0.2, 0.25) is 0 Å². The number of nitrogens with one attached hydrogen (secondary N) is 2. The molecule has 2 aromatic carbocycles.